The second-order valence-electron chi connectivity index (χ2n) is 6.65. The number of nitrogen functional groups attached to an aromatic ring is 1. The molecular weight excluding hydrogens is 441 g/mol. The van der Waals surface area contributed by atoms with Gasteiger partial charge in [-0.2, -0.15) is 4.98 Å². The molecule has 0 saturated carbocycles. The van der Waals surface area contributed by atoms with E-state index in [4.69, 9.17) is 15.0 Å². The van der Waals surface area contributed by atoms with Gasteiger partial charge in [0.1, 0.15) is 5.75 Å². The lowest BCUT2D eigenvalue weighted by Crippen LogP contribution is -2.17. The summed E-state index contributed by atoms with van der Waals surface area (Å²) < 4.78 is 76.6. The van der Waals surface area contributed by atoms with Crippen LogP contribution in [0.25, 0.3) is 11.6 Å². The van der Waals surface area contributed by atoms with Crippen molar-refractivity contribution < 1.29 is 35.6 Å². The number of sulfone groups is 1. The second-order valence-corrected chi connectivity index (χ2v) is 8.60. The van der Waals surface area contributed by atoms with Gasteiger partial charge in [0.2, 0.25) is 9.84 Å². The Hall–Kier alpha value is -3.19. The third-order valence-electron chi connectivity index (χ3n) is 4.51. The Morgan fingerprint density at radius 2 is 1.90 bits per heavy atom. The van der Waals surface area contributed by atoms with Crippen molar-refractivity contribution in [1.82, 2.24) is 15.1 Å². The highest BCUT2D eigenvalue weighted by molar-refractivity contribution is 7.91. The van der Waals surface area contributed by atoms with Gasteiger partial charge < -0.3 is 19.7 Å². The second kappa shape index (κ2) is 7.81. The monoisotopic (exact) mass is 456 g/mol. The minimum Gasteiger partial charge on any atom is -0.406 e. The minimum absolute atomic E-state index is 0.00247. The number of hydrogen-bond donors (Lipinski definition) is 1. The van der Waals surface area contributed by atoms with Crippen molar-refractivity contribution in [3.63, 3.8) is 0 Å². The first-order valence-electron chi connectivity index (χ1n) is 8.91. The lowest BCUT2D eigenvalue weighted by Gasteiger charge is -2.10. The van der Waals surface area contributed by atoms with Crippen LogP contribution in [0.4, 0.5) is 18.9 Å². The van der Waals surface area contributed by atoms with Crippen LogP contribution in [0.1, 0.15) is 18.2 Å². The van der Waals surface area contributed by atoms with E-state index in [0.29, 0.717) is 19.0 Å². The van der Waals surface area contributed by atoms with Crippen molar-refractivity contribution in [2.24, 2.45) is 0 Å². The van der Waals surface area contributed by atoms with Crippen molar-refractivity contribution in [1.29, 1.82) is 0 Å². The van der Waals surface area contributed by atoms with E-state index in [2.05, 4.69) is 19.9 Å². The predicted octanol–water partition coefficient (Wildman–Crippen LogP) is 2.95. The largest absolute Gasteiger partial charge is 0.573 e. The van der Waals surface area contributed by atoms with Crippen molar-refractivity contribution >= 4 is 15.5 Å². The maximum atomic E-state index is 12.8. The lowest BCUT2D eigenvalue weighted by atomic mass is 10.1. The molecule has 2 aromatic heterocycles. The van der Waals surface area contributed by atoms with Gasteiger partial charge in [-0.05, 0) is 36.8 Å². The van der Waals surface area contributed by atoms with Gasteiger partial charge >= 0.3 is 6.36 Å². The average Bonchev–Trinajstić information content (AvgIpc) is 3.39. The SMILES string of the molecule is Nc1cc(S(=O)(=O)c2ccc(OC(F)(F)F)cc2)cnc1-c1nc(C2CCOC2)no1. The van der Waals surface area contributed by atoms with Crippen molar-refractivity contribution in [2.75, 3.05) is 18.9 Å². The van der Waals surface area contributed by atoms with E-state index in [9.17, 15) is 21.6 Å². The van der Waals surface area contributed by atoms with Crippen LogP contribution in [-0.2, 0) is 14.6 Å². The van der Waals surface area contributed by atoms with Gasteiger partial charge in [-0.1, -0.05) is 5.16 Å². The molecule has 1 aromatic carbocycles. The molecule has 1 saturated heterocycles. The van der Waals surface area contributed by atoms with Crippen LogP contribution in [-0.4, -0.2) is 43.1 Å². The Labute approximate surface area is 173 Å². The molecule has 0 spiro atoms. The molecule has 1 aliphatic rings. The highest BCUT2D eigenvalue weighted by atomic mass is 32.2. The number of nitrogens with two attached hydrogens (primary N) is 1. The third-order valence-corrected chi connectivity index (χ3v) is 6.25. The van der Waals surface area contributed by atoms with Gasteiger partial charge in [-0.25, -0.2) is 13.4 Å². The molecular formula is C18H15F3N4O5S. The Morgan fingerprint density at radius 1 is 1.16 bits per heavy atom. The smallest absolute Gasteiger partial charge is 0.406 e. The van der Waals surface area contributed by atoms with Gasteiger partial charge in [0.25, 0.3) is 5.89 Å². The topological polar surface area (TPSA) is 130 Å². The summed E-state index contributed by atoms with van der Waals surface area (Å²) in [6, 6.07) is 4.96. The fourth-order valence-corrected chi connectivity index (χ4v) is 4.22. The van der Waals surface area contributed by atoms with Crippen molar-refractivity contribution in [2.45, 2.75) is 28.5 Å². The quantitative estimate of drug-likeness (QED) is 0.616. The first kappa shape index (κ1) is 21.1. The van der Waals surface area contributed by atoms with Crippen LogP contribution in [0.15, 0.2) is 50.8 Å². The average molecular weight is 456 g/mol. The Balaban J connectivity index is 1.58. The number of aromatic nitrogens is 3. The lowest BCUT2D eigenvalue weighted by molar-refractivity contribution is -0.274. The van der Waals surface area contributed by atoms with E-state index in [0.717, 1.165) is 36.9 Å². The molecule has 1 atom stereocenters. The van der Waals surface area contributed by atoms with E-state index >= 15 is 0 Å². The van der Waals surface area contributed by atoms with Gasteiger partial charge in [0.15, 0.2) is 11.5 Å². The van der Waals surface area contributed by atoms with Crippen LogP contribution in [0.5, 0.6) is 5.75 Å². The summed E-state index contributed by atoms with van der Waals surface area (Å²) in [7, 11) is -4.09. The van der Waals surface area contributed by atoms with Crippen LogP contribution in [0, 0.1) is 0 Å². The zero-order valence-corrected chi connectivity index (χ0v) is 16.5. The van der Waals surface area contributed by atoms with Crippen molar-refractivity contribution in [3.05, 3.63) is 42.4 Å². The molecule has 1 unspecified atom stereocenters. The molecule has 164 valence electrons. The summed E-state index contributed by atoms with van der Waals surface area (Å²) in [6.07, 6.45) is -3.07. The van der Waals surface area contributed by atoms with Gasteiger partial charge in [0, 0.05) is 18.7 Å². The normalized spacial score (nSPS) is 17.1. The van der Waals surface area contributed by atoms with Crippen LogP contribution in [0.2, 0.25) is 0 Å². The summed E-state index contributed by atoms with van der Waals surface area (Å²) in [6.45, 7) is 1.08. The first-order valence-corrected chi connectivity index (χ1v) is 10.4. The zero-order valence-electron chi connectivity index (χ0n) is 15.7. The van der Waals surface area contributed by atoms with Crippen LogP contribution >= 0.6 is 0 Å². The summed E-state index contributed by atoms with van der Waals surface area (Å²) in [4.78, 5) is 7.80. The van der Waals surface area contributed by atoms with E-state index in [1.807, 2.05) is 0 Å². The maximum Gasteiger partial charge on any atom is 0.573 e. The molecule has 31 heavy (non-hydrogen) atoms. The maximum absolute atomic E-state index is 12.8. The Bertz CT molecular complexity index is 1190. The van der Waals surface area contributed by atoms with Gasteiger partial charge in [-0.15, -0.1) is 13.2 Å². The number of alkyl halides is 3. The third kappa shape index (κ3) is 4.46. The molecule has 4 rings (SSSR count). The molecule has 0 aliphatic carbocycles. The predicted molar refractivity (Wildman–Crippen MR) is 98.7 cm³/mol. The number of hydrogen-bond acceptors (Lipinski definition) is 9. The Kier molecular flexibility index (Phi) is 5.31. The van der Waals surface area contributed by atoms with E-state index in [1.54, 1.807) is 0 Å². The fourth-order valence-electron chi connectivity index (χ4n) is 2.98. The molecule has 0 radical (unpaired) electrons. The van der Waals surface area contributed by atoms with Gasteiger partial charge in [-0.3, -0.25) is 0 Å². The summed E-state index contributed by atoms with van der Waals surface area (Å²) >= 11 is 0. The Morgan fingerprint density at radius 3 is 2.52 bits per heavy atom. The fraction of sp³-hybridized carbons (Fsp3) is 0.278. The molecule has 1 fully saturated rings. The zero-order chi connectivity index (χ0) is 22.2. The van der Waals surface area contributed by atoms with Gasteiger partial charge in [0.05, 0.1) is 22.1 Å². The highest BCUT2D eigenvalue weighted by Crippen LogP contribution is 2.31. The van der Waals surface area contributed by atoms with E-state index < -0.39 is 21.9 Å². The molecule has 2 N–H and O–H groups in total. The standard InChI is InChI=1S/C18H15F3N4O5S/c19-18(20,21)29-11-1-3-12(4-2-11)31(26,27)13-7-14(22)15(23-8-13)17-24-16(25-30-17)10-5-6-28-9-10/h1-4,7-8,10H,5-6,9,22H2. The summed E-state index contributed by atoms with van der Waals surface area (Å²) in [5, 5.41) is 3.90. The number of halogens is 3. The number of ether oxygens (including phenoxy) is 2. The van der Waals surface area contributed by atoms with E-state index in [-0.39, 0.29) is 33.0 Å². The van der Waals surface area contributed by atoms with Crippen LogP contribution < -0.4 is 10.5 Å². The first-order chi connectivity index (χ1) is 14.6. The summed E-state index contributed by atoms with van der Waals surface area (Å²) in [5.41, 5.74) is 6.06. The van der Waals surface area contributed by atoms with Crippen LogP contribution in [0.3, 0.4) is 0 Å². The molecule has 3 heterocycles. The number of benzene rings is 1. The highest BCUT2D eigenvalue weighted by Gasteiger charge is 2.31. The number of anilines is 1. The minimum atomic E-state index is -4.88. The molecule has 1 aliphatic heterocycles. The van der Waals surface area contributed by atoms with Crippen molar-refractivity contribution in [3.8, 4) is 17.3 Å². The molecule has 0 amide bonds. The molecule has 13 heteroatoms. The number of nitrogens with zero attached hydrogens (tertiary/aromatic N) is 3. The summed E-state index contributed by atoms with van der Waals surface area (Å²) in [5.74, 6) is -0.0504. The number of pyridine rings is 1. The molecule has 3 aromatic rings. The molecule has 9 nitrogen and oxygen atoms in total. The molecule has 0 bridgehead atoms. The number of rotatable bonds is 5. The van der Waals surface area contributed by atoms with E-state index in [1.165, 1.54) is 6.07 Å².